The molecule has 0 bridgehead atoms. The van der Waals surface area contributed by atoms with Gasteiger partial charge in [0.15, 0.2) is 0 Å². The van der Waals surface area contributed by atoms with E-state index in [0.717, 1.165) is 19.3 Å². The molecule has 1 amide bonds. The molecule has 24 heavy (non-hydrogen) atoms. The number of carboxylic acid groups (broad SMARTS) is 1. The first-order chi connectivity index (χ1) is 11.6. The van der Waals surface area contributed by atoms with E-state index in [0.29, 0.717) is 25.2 Å². The number of amides is 1. The van der Waals surface area contributed by atoms with Gasteiger partial charge in [-0.25, -0.2) is 0 Å². The zero-order valence-electron chi connectivity index (χ0n) is 14.1. The smallest absolute Gasteiger partial charge is 0.306 e. The number of carbonyl (C=O) groups excluding carboxylic acids is 1. The van der Waals surface area contributed by atoms with E-state index in [1.54, 1.807) is 0 Å². The number of benzene rings is 1. The summed E-state index contributed by atoms with van der Waals surface area (Å²) >= 11 is 0. The molecule has 0 heterocycles. The molecule has 0 aromatic heterocycles. The zero-order valence-corrected chi connectivity index (χ0v) is 14.1. The van der Waals surface area contributed by atoms with Crippen molar-refractivity contribution < 1.29 is 14.7 Å². The number of aliphatic carboxylic acids is 1. The summed E-state index contributed by atoms with van der Waals surface area (Å²) in [5.74, 6) is -0.659. The van der Waals surface area contributed by atoms with Crippen LogP contribution in [0.4, 0.5) is 0 Å². The van der Waals surface area contributed by atoms with E-state index in [2.05, 4.69) is 29.6 Å². The van der Waals surface area contributed by atoms with Crippen molar-refractivity contribution in [2.24, 2.45) is 17.8 Å². The summed E-state index contributed by atoms with van der Waals surface area (Å²) in [6.45, 7) is 0. The van der Waals surface area contributed by atoms with Crippen molar-refractivity contribution in [3.8, 4) is 0 Å². The number of hydrogen-bond acceptors (Lipinski definition) is 2. The molecule has 2 N–H and O–H groups in total. The van der Waals surface area contributed by atoms with Gasteiger partial charge in [0.1, 0.15) is 0 Å². The predicted octanol–water partition coefficient (Wildman–Crippen LogP) is 3.41. The van der Waals surface area contributed by atoms with Crippen molar-refractivity contribution >= 4 is 11.9 Å². The maximum atomic E-state index is 12.6. The summed E-state index contributed by atoms with van der Waals surface area (Å²) in [4.78, 5) is 23.7. The highest BCUT2D eigenvalue weighted by atomic mass is 16.4. The fraction of sp³-hybridized carbons (Fsp3) is 0.600. The van der Waals surface area contributed by atoms with Crippen LogP contribution in [0.15, 0.2) is 30.3 Å². The summed E-state index contributed by atoms with van der Waals surface area (Å²) < 4.78 is 0. The van der Waals surface area contributed by atoms with Crippen molar-refractivity contribution in [2.75, 3.05) is 0 Å². The summed E-state index contributed by atoms with van der Waals surface area (Å²) in [5.41, 5.74) is 1.33. The summed E-state index contributed by atoms with van der Waals surface area (Å²) in [7, 11) is 0. The molecule has 2 aliphatic carbocycles. The molecule has 4 atom stereocenters. The molecule has 4 nitrogen and oxygen atoms in total. The molecule has 0 aliphatic heterocycles. The topological polar surface area (TPSA) is 66.4 Å². The molecule has 4 heteroatoms. The van der Waals surface area contributed by atoms with Gasteiger partial charge in [-0.05, 0) is 50.0 Å². The molecule has 0 spiro atoms. The number of hydrogen-bond donors (Lipinski definition) is 2. The van der Waals surface area contributed by atoms with E-state index in [-0.39, 0.29) is 23.8 Å². The molecule has 1 aromatic rings. The predicted molar refractivity (Wildman–Crippen MR) is 92.5 cm³/mol. The molecule has 0 saturated heterocycles. The van der Waals surface area contributed by atoms with Gasteiger partial charge in [-0.3, -0.25) is 9.59 Å². The molecular weight excluding hydrogens is 302 g/mol. The van der Waals surface area contributed by atoms with E-state index in [9.17, 15) is 9.59 Å². The molecule has 0 radical (unpaired) electrons. The molecule has 2 saturated carbocycles. The summed E-state index contributed by atoms with van der Waals surface area (Å²) in [5, 5.41) is 12.4. The highest BCUT2D eigenvalue weighted by Gasteiger charge is 2.35. The Morgan fingerprint density at radius 1 is 1.00 bits per heavy atom. The van der Waals surface area contributed by atoms with Crippen molar-refractivity contribution in [2.45, 2.75) is 57.4 Å². The maximum absolute atomic E-state index is 12.6. The average molecular weight is 329 g/mol. The third-order valence-electron chi connectivity index (χ3n) is 5.73. The Hall–Kier alpha value is -1.84. The van der Waals surface area contributed by atoms with Crippen LogP contribution in [0.5, 0.6) is 0 Å². The molecule has 130 valence electrons. The lowest BCUT2D eigenvalue weighted by Gasteiger charge is -2.33. The van der Waals surface area contributed by atoms with Gasteiger partial charge in [0.05, 0.1) is 5.92 Å². The Bertz CT molecular complexity index is 572. The SMILES string of the molecule is O=C(O)[C@@H]1CC[C@H](C(=O)NC2CCCCC2Cc2ccccc2)C1. The van der Waals surface area contributed by atoms with Gasteiger partial charge < -0.3 is 10.4 Å². The fourth-order valence-corrected chi connectivity index (χ4v) is 4.30. The number of rotatable bonds is 5. The molecule has 1 aromatic carbocycles. The Labute approximate surface area is 143 Å². The molecular formula is C20H27NO3. The minimum Gasteiger partial charge on any atom is -0.481 e. The standard InChI is InChI=1S/C20H27NO3/c22-19(16-10-11-17(13-16)20(23)24)21-18-9-5-4-8-15(18)12-14-6-2-1-3-7-14/h1-3,6-7,15-18H,4-5,8-13H2,(H,21,22)(H,23,24)/t15?,16-,17+,18?/m0/s1. The number of carbonyl (C=O) groups is 2. The van der Waals surface area contributed by atoms with Gasteiger partial charge in [-0.1, -0.05) is 43.2 Å². The minimum atomic E-state index is -0.759. The van der Waals surface area contributed by atoms with Crippen LogP contribution in [-0.4, -0.2) is 23.0 Å². The van der Waals surface area contributed by atoms with Crippen LogP contribution in [-0.2, 0) is 16.0 Å². The zero-order chi connectivity index (χ0) is 16.9. The van der Waals surface area contributed by atoms with Crippen LogP contribution in [0.25, 0.3) is 0 Å². The molecule has 3 rings (SSSR count). The van der Waals surface area contributed by atoms with Crippen LogP contribution in [0.1, 0.15) is 50.5 Å². The monoisotopic (exact) mass is 329 g/mol. The fourth-order valence-electron chi connectivity index (χ4n) is 4.30. The minimum absolute atomic E-state index is 0.0729. The average Bonchev–Trinajstić information content (AvgIpc) is 3.08. The lowest BCUT2D eigenvalue weighted by molar-refractivity contribution is -0.141. The van der Waals surface area contributed by atoms with Crippen molar-refractivity contribution in [3.63, 3.8) is 0 Å². The first kappa shape index (κ1) is 17.0. The number of carboxylic acids is 1. The van der Waals surface area contributed by atoms with E-state index in [1.807, 2.05) is 6.07 Å². The summed E-state index contributed by atoms with van der Waals surface area (Å²) in [6, 6.07) is 10.7. The van der Waals surface area contributed by atoms with Crippen LogP contribution in [0.2, 0.25) is 0 Å². The quantitative estimate of drug-likeness (QED) is 0.870. The third kappa shape index (κ3) is 4.16. The molecule has 2 aliphatic rings. The van der Waals surface area contributed by atoms with Crippen molar-refractivity contribution in [1.82, 2.24) is 5.32 Å². The van der Waals surface area contributed by atoms with E-state index >= 15 is 0 Å². The number of nitrogens with one attached hydrogen (secondary N) is 1. The van der Waals surface area contributed by atoms with Crippen LogP contribution in [0.3, 0.4) is 0 Å². The third-order valence-corrected chi connectivity index (χ3v) is 5.73. The van der Waals surface area contributed by atoms with Crippen LogP contribution >= 0.6 is 0 Å². The second-order valence-corrected chi connectivity index (χ2v) is 7.39. The largest absolute Gasteiger partial charge is 0.481 e. The first-order valence-electron chi connectivity index (χ1n) is 9.20. The highest BCUT2D eigenvalue weighted by molar-refractivity contribution is 5.81. The first-order valence-corrected chi connectivity index (χ1v) is 9.20. The summed E-state index contributed by atoms with van der Waals surface area (Å²) in [6.07, 6.45) is 7.43. The van der Waals surface area contributed by atoms with Crippen LogP contribution < -0.4 is 5.32 Å². The Kier molecular flexibility index (Phi) is 5.54. The van der Waals surface area contributed by atoms with Crippen molar-refractivity contribution in [1.29, 1.82) is 0 Å². The second kappa shape index (κ2) is 7.82. The molecule has 2 fully saturated rings. The van der Waals surface area contributed by atoms with Gasteiger partial charge in [-0.15, -0.1) is 0 Å². The van der Waals surface area contributed by atoms with Gasteiger partial charge in [0, 0.05) is 12.0 Å². The van der Waals surface area contributed by atoms with E-state index < -0.39 is 5.97 Å². The van der Waals surface area contributed by atoms with Gasteiger partial charge in [0.25, 0.3) is 0 Å². The molecule has 2 unspecified atom stereocenters. The van der Waals surface area contributed by atoms with E-state index in [1.165, 1.54) is 18.4 Å². The van der Waals surface area contributed by atoms with Gasteiger partial charge in [0.2, 0.25) is 5.91 Å². The van der Waals surface area contributed by atoms with E-state index in [4.69, 9.17) is 5.11 Å². The highest BCUT2D eigenvalue weighted by Crippen LogP contribution is 2.33. The second-order valence-electron chi connectivity index (χ2n) is 7.39. The van der Waals surface area contributed by atoms with Crippen molar-refractivity contribution in [3.05, 3.63) is 35.9 Å². The normalized spacial score (nSPS) is 30.0. The van der Waals surface area contributed by atoms with Gasteiger partial charge >= 0.3 is 5.97 Å². The lowest BCUT2D eigenvalue weighted by atomic mass is 9.80. The maximum Gasteiger partial charge on any atom is 0.306 e. The van der Waals surface area contributed by atoms with Gasteiger partial charge in [-0.2, -0.15) is 0 Å². The van der Waals surface area contributed by atoms with Crippen LogP contribution in [0, 0.1) is 17.8 Å². The lowest BCUT2D eigenvalue weighted by Crippen LogP contribution is -2.45. The Balaban J connectivity index is 1.57. The Morgan fingerprint density at radius 3 is 2.42 bits per heavy atom. The Morgan fingerprint density at radius 2 is 1.71 bits per heavy atom.